The lowest BCUT2D eigenvalue weighted by molar-refractivity contribution is 0.197. The van der Waals surface area contributed by atoms with Crippen LogP contribution in [0, 0.1) is 4.77 Å². The van der Waals surface area contributed by atoms with Gasteiger partial charge >= 0.3 is 0 Å². The molecule has 8 heteroatoms. The van der Waals surface area contributed by atoms with Gasteiger partial charge in [-0.05, 0) is 25.7 Å². The maximum absolute atomic E-state index is 11.6. The number of H-pyrrole nitrogens is 1. The Hall–Kier alpha value is -1.51. The molecule has 0 spiro atoms. The minimum absolute atomic E-state index is 0.0374. The first-order valence-electron chi connectivity index (χ1n) is 7.07. The molecule has 1 saturated heterocycles. The quantitative estimate of drug-likeness (QED) is 0.859. The molecule has 1 fully saturated rings. The Morgan fingerprint density at radius 1 is 1.41 bits per heavy atom. The first kappa shape index (κ1) is 15.4. The fourth-order valence-electron chi connectivity index (χ4n) is 2.64. The molecule has 1 N–H and O–H groups in total. The normalized spacial score (nSPS) is 20.5. The fourth-order valence-corrected chi connectivity index (χ4v) is 4.64. The van der Waals surface area contributed by atoms with Crippen LogP contribution in [0.15, 0.2) is 30.3 Å². The molecule has 22 heavy (non-hydrogen) atoms. The Kier molecular flexibility index (Phi) is 4.16. The fraction of sp³-hybridized carbons (Fsp3) is 0.429. The summed E-state index contributed by atoms with van der Waals surface area (Å²) in [7, 11) is -0.970. The molecule has 2 aromatic rings. The molecule has 118 valence electrons. The van der Waals surface area contributed by atoms with E-state index in [2.05, 4.69) is 10.1 Å². The van der Waals surface area contributed by atoms with Crippen LogP contribution in [0.4, 0.5) is 0 Å². The van der Waals surface area contributed by atoms with Crippen molar-refractivity contribution in [1.82, 2.24) is 19.7 Å². The van der Waals surface area contributed by atoms with E-state index >= 15 is 0 Å². The molecule has 1 aliphatic heterocycles. The zero-order valence-corrected chi connectivity index (χ0v) is 13.9. The van der Waals surface area contributed by atoms with Gasteiger partial charge in [-0.2, -0.15) is 4.98 Å². The predicted octanol–water partition coefficient (Wildman–Crippen LogP) is 1.68. The highest BCUT2D eigenvalue weighted by atomic mass is 32.2. The third kappa shape index (κ3) is 3.29. The highest BCUT2D eigenvalue weighted by molar-refractivity contribution is 7.91. The van der Waals surface area contributed by atoms with Crippen LogP contribution in [0.2, 0.25) is 0 Å². The minimum atomic E-state index is -2.88. The van der Waals surface area contributed by atoms with Crippen LogP contribution in [0.5, 0.6) is 0 Å². The first-order chi connectivity index (χ1) is 10.4. The van der Waals surface area contributed by atoms with Gasteiger partial charge in [0.1, 0.15) is 0 Å². The Labute approximate surface area is 134 Å². The summed E-state index contributed by atoms with van der Waals surface area (Å²) in [6.07, 6.45) is 0.672. The van der Waals surface area contributed by atoms with Crippen LogP contribution >= 0.6 is 12.2 Å². The van der Waals surface area contributed by atoms with Gasteiger partial charge in [-0.1, -0.05) is 30.3 Å². The van der Waals surface area contributed by atoms with E-state index in [0.717, 1.165) is 11.4 Å². The molecular weight excluding hydrogens is 320 g/mol. The summed E-state index contributed by atoms with van der Waals surface area (Å²) in [4.78, 5) is 6.37. The van der Waals surface area contributed by atoms with Crippen molar-refractivity contribution in [2.75, 3.05) is 18.6 Å². The number of aromatic nitrogens is 3. The molecule has 1 aromatic carbocycles. The van der Waals surface area contributed by atoms with E-state index in [9.17, 15) is 8.42 Å². The van der Waals surface area contributed by atoms with Gasteiger partial charge in [-0.3, -0.25) is 10.00 Å². The van der Waals surface area contributed by atoms with Gasteiger partial charge in [-0.15, -0.1) is 0 Å². The third-order valence-corrected chi connectivity index (χ3v) is 5.98. The predicted molar refractivity (Wildman–Crippen MR) is 87.7 cm³/mol. The molecule has 0 radical (unpaired) electrons. The lowest BCUT2D eigenvalue weighted by Gasteiger charge is -2.22. The van der Waals surface area contributed by atoms with Gasteiger partial charge < -0.3 is 0 Å². The largest absolute Gasteiger partial charge is 0.283 e. The summed E-state index contributed by atoms with van der Waals surface area (Å²) >= 11 is 5.29. The topological polar surface area (TPSA) is 71.0 Å². The summed E-state index contributed by atoms with van der Waals surface area (Å²) in [5.41, 5.74) is 0.971. The summed E-state index contributed by atoms with van der Waals surface area (Å²) in [5, 5.41) is 3.18. The Balaban J connectivity index is 1.76. The van der Waals surface area contributed by atoms with Crippen molar-refractivity contribution in [3.05, 3.63) is 35.1 Å². The number of rotatable bonds is 4. The molecule has 1 atom stereocenters. The number of hydrogen-bond acceptors (Lipinski definition) is 5. The maximum atomic E-state index is 11.6. The van der Waals surface area contributed by atoms with E-state index in [-0.39, 0.29) is 17.5 Å². The monoisotopic (exact) mass is 338 g/mol. The molecule has 0 bridgehead atoms. The Morgan fingerprint density at radius 2 is 2.14 bits per heavy atom. The van der Waals surface area contributed by atoms with Gasteiger partial charge in [0.2, 0.25) is 4.77 Å². The van der Waals surface area contributed by atoms with Crippen LogP contribution in [0.25, 0.3) is 11.4 Å². The van der Waals surface area contributed by atoms with E-state index in [1.807, 2.05) is 42.3 Å². The maximum Gasteiger partial charge on any atom is 0.217 e. The van der Waals surface area contributed by atoms with Gasteiger partial charge in [0.15, 0.2) is 15.7 Å². The molecule has 0 amide bonds. The number of hydrogen-bond donors (Lipinski definition) is 1. The summed E-state index contributed by atoms with van der Waals surface area (Å²) in [6.45, 7) is 0.499. The standard InChI is InChI=1S/C14H18N4O2S2/c1-17(12-7-8-22(19,20)9-12)10-18-14(21)15-13(16-18)11-5-3-2-4-6-11/h2-6,12H,7-10H2,1H3,(H,15,16,21)/t12-/m1/s1. The van der Waals surface area contributed by atoms with Crippen molar-refractivity contribution in [3.63, 3.8) is 0 Å². The van der Waals surface area contributed by atoms with Crippen molar-refractivity contribution >= 4 is 22.1 Å². The molecule has 1 aliphatic rings. The average molecular weight is 338 g/mol. The van der Waals surface area contributed by atoms with Crippen LogP contribution in [-0.4, -0.2) is 52.7 Å². The number of nitrogens with zero attached hydrogens (tertiary/aromatic N) is 3. The van der Waals surface area contributed by atoms with Crippen LogP contribution in [0.3, 0.4) is 0 Å². The summed E-state index contributed by atoms with van der Waals surface area (Å²) in [5.74, 6) is 1.21. The number of aromatic amines is 1. The molecule has 2 heterocycles. The lowest BCUT2D eigenvalue weighted by Crippen LogP contribution is -2.34. The van der Waals surface area contributed by atoms with Crippen LogP contribution in [-0.2, 0) is 16.5 Å². The molecule has 6 nitrogen and oxygen atoms in total. The average Bonchev–Trinajstić information content (AvgIpc) is 3.03. The molecule has 3 rings (SSSR count). The summed E-state index contributed by atoms with van der Waals surface area (Å²) in [6, 6.07) is 9.80. The van der Waals surface area contributed by atoms with Gasteiger partial charge in [-0.25, -0.2) is 13.1 Å². The van der Waals surface area contributed by atoms with E-state index in [1.54, 1.807) is 4.68 Å². The van der Waals surface area contributed by atoms with E-state index in [1.165, 1.54) is 0 Å². The Morgan fingerprint density at radius 3 is 2.77 bits per heavy atom. The number of sulfone groups is 1. The van der Waals surface area contributed by atoms with Gasteiger partial charge in [0.05, 0.1) is 18.2 Å². The van der Waals surface area contributed by atoms with Crippen molar-refractivity contribution < 1.29 is 8.42 Å². The minimum Gasteiger partial charge on any atom is -0.283 e. The second-order valence-corrected chi connectivity index (χ2v) is 8.20. The molecule has 0 aliphatic carbocycles. The van der Waals surface area contributed by atoms with E-state index in [4.69, 9.17) is 12.2 Å². The zero-order valence-electron chi connectivity index (χ0n) is 12.3. The molecule has 1 aromatic heterocycles. The lowest BCUT2D eigenvalue weighted by atomic mass is 10.2. The highest BCUT2D eigenvalue weighted by Gasteiger charge is 2.30. The highest BCUT2D eigenvalue weighted by Crippen LogP contribution is 2.18. The number of nitrogens with one attached hydrogen (secondary N) is 1. The molecule has 0 saturated carbocycles. The van der Waals surface area contributed by atoms with E-state index in [0.29, 0.717) is 17.9 Å². The van der Waals surface area contributed by atoms with Crippen LogP contribution < -0.4 is 0 Å². The SMILES string of the molecule is CN(Cn1[nH]c(-c2ccccc2)nc1=S)[C@@H]1CCS(=O)(=O)C1. The third-order valence-electron chi connectivity index (χ3n) is 3.92. The first-order valence-corrected chi connectivity index (χ1v) is 9.30. The number of benzene rings is 1. The second-order valence-electron chi connectivity index (χ2n) is 5.60. The van der Waals surface area contributed by atoms with E-state index < -0.39 is 9.84 Å². The van der Waals surface area contributed by atoms with Crippen molar-refractivity contribution in [2.45, 2.75) is 19.1 Å². The summed E-state index contributed by atoms with van der Waals surface area (Å²) < 4.78 is 25.4. The van der Waals surface area contributed by atoms with Crippen molar-refractivity contribution in [2.24, 2.45) is 0 Å². The van der Waals surface area contributed by atoms with Crippen molar-refractivity contribution in [3.8, 4) is 11.4 Å². The van der Waals surface area contributed by atoms with Crippen LogP contribution in [0.1, 0.15) is 6.42 Å². The van der Waals surface area contributed by atoms with Gasteiger partial charge in [0, 0.05) is 11.6 Å². The molecular formula is C14H18N4O2S2. The second kappa shape index (κ2) is 5.94. The van der Waals surface area contributed by atoms with Gasteiger partial charge in [0.25, 0.3) is 0 Å². The zero-order chi connectivity index (χ0) is 15.7. The molecule has 0 unspecified atom stereocenters. The Bertz CT molecular complexity index is 811. The smallest absolute Gasteiger partial charge is 0.217 e. The van der Waals surface area contributed by atoms with Crippen molar-refractivity contribution in [1.29, 1.82) is 0 Å².